The van der Waals surface area contributed by atoms with Gasteiger partial charge in [0.2, 0.25) is 0 Å². The van der Waals surface area contributed by atoms with Crippen molar-refractivity contribution in [1.29, 1.82) is 0 Å². The fourth-order valence-electron chi connectivity index (χ4n) is 2.46. The monoisotopic (exact) mass is 440 g/mol. The Morgan fingerprint density at radius 2 is 2.04 bits per heavy atom. The van der Waals surface area contributed by atoms with Crippen LogP contribution in [-0.4, -0.2) is 24.5 Å². The van der Waals surface area contributed by atoms with Gasteiger partial charge in [0, 0.05) is 35.6 Å². The maximum Gasteiger partial charge on any atom is 0.191 e. The van der Waals surface area contributed by atoms with Gasteiger partial charge in [-0.1, -0.05) is 24.3 Å². The number of hydrogen-bond acceptors (Lipinski definition) is 2. The molecule has 122 valence electrons. The van der Waals surface area contributed by atoms with Gasteiger partial charge in [0.05, 0.1) is 6.54 Å². The lowest BCUT2D eigenvalue weighted by Crippen LogP contribution is -2.37. The van der Waals surface area contributed by atoms with Crippen LogP contribution in [0.15, 0.2) is 53.0 Å². The van der Waals surface area contributed by atoms with Crippen LogP contribution in [-0.2, 0) is 13.0 Å². The molecule has 0 aliphatic carbocycles. The van der Waals surface area contributed by atoms with Gasteiger partial charge in [0.25, 0.3) is 0 Å². The molecule has 0 aliphatic heterocycles. The molecular formula is C17H21IN4S. The fraction of sp³-hybridized carbons (Fsp3) is 0.235. The Labute approximate surface area is 157 Å². The number of benzene rings is 1. The zero-order valence-corrected chi connectivity index (χ0v) is 16.2. The maximum absolute atomic E-state index is 4.26. The summed E-state index contributed by atoms with van der Waals surface area (Å²) in [6.07, 6.45) is 3.05. The summed E-state index contributed by atoms with van der Waals surface area (Å²) >= 11 is 1.75. The molecule has 4 nitrogen and oxygen atoms in total. The number of aliphatic imine (C=N–C) groups is 1. The van der Waals surface area contributed by atoms with E-state index >= 15 is 0 Å². The molecule has 0 fully saturated rings. The number of hydrogen-bond donors (Lipinski definition) is 3. The number of aromatic nitrogens is 1. The van der Waals surface area contributed by atoms with Crippen molar-refractivity contribution in [2.24, 2.45) is 4.99 Å². The smallest absolute Gasteiger partial charge is 0.191 e. The molecule has 23 heavy (non-hydrogen) atoms. The van der Waals surface area contributed by atoms with E-state index in [0.717, 1.165) is 25.5 Å². The fourth-order valence-corrected chi connectivity index (χ4v) is 3.10. The Morgan fingerprint density at radius 1 is 1.17 bits per heavy atom. The van der Waals surface area contributed by atoms with Crippen LogP contribution < -0.4 is 10.6 Å². The molecular weight excluding hydrogens is 419 g/mol. The summed E-state index contributed by atoms with van der Waals surface area (Å²) in [7, 11) is 1.80. The van der Waals surface area contributed by atoms with Crippen molar-refractivity contribution >= 4 is 52.2 Å². The molecule has 0 unspecified atom stereocenters. The molecule has 0 aliphatic rings. The SMILES string of the molecule is CN=C(NCCc1c[nH]c2ccccc12)NCc1cccs1.I. The van der Waals surface area contributed by atoms with E-state index in [1.54, 1.807) is 18.4 Å². The first-order valence-corrected chi connectivity index (χ1v) is 8.26. The van der Waals surface area contributed by atoms with E-state index in [1.165, 1.54) is 21.3 Å². The minimum absolute atomic E-state index is 0. The first-order valence-electron chi connectivity index (χ1n) is 7.38. The Hall–Kier alpha value is -1.54. The van der Waals surface area contributed by atoms with E-state index in [4.69, 9.17) is 0 Å². The highest BCUT2D eigenvalue weighted by atomic mass is 127. The summed E-state index contributed by atoms with van der Waals surface area (Å²) < 4.78 is 0. The number of guanidine groups is 1. The van der Waals surface area contributed by atoms with Gasteiger partial charge in [-0.2, -0.15) is 0 Å². The normalized spacial score (nSPS) is 11.3. The molecule has 0 atom stereocenters. The molecule has 6 heteroatoms. The summed E-state index contributed by atoms with van der Waals surface area (Å²) in [5, 5.41) is 10.1. The molecule has 3 N–H and O–H groups in total. The molecule has 0 spiro atoms. The van der Waals surface area contributed by atoms with Gasteiger partial charge in [0.1, 0.15) is 0 Å². The number of fused-ring (bicyclic) bond motifs is 1. The van der Waals surface area contributed by atoms with Crippen LogP contribution in [0.25, 0.3) is 10.9 Å². The molecule has 2 aromatic heterocycles. The predicted octanol–water partition coefficient (Wildman–Crippen LogP) is 3.76. The van der Waals surface area contributed by atoms with Gasteiger partial charge in [-0.25, -0.2) is 0 Å². The summed E-state index contributed by atoms with van der Waals surface area (Å²) in [4.78, 5) is 8.88. The van der Waals surface area contributed by atoms with Gasteiger partial charge in [-0.3, -0.25) is 4.99 Å². The Bertz CT molecular complexity index is 749. The maximum atomic E-state index is 4.26. The van der Waals surface area contributed by atoms with Crippen molar-refractivity contribution in [3.8, 4) is 0 Å². The third-order valence-electron chi connectivity index (χ3n) is 3.60. The molecule has 3 rings (SSSR count). The highest BCUT2D eigenvalue weighted by molar-refractivity contribution is 14.0. The second kappa shape index (κ2) is 8.93. The van der Waals surface area contributed by atoms with E-state index in [-0.39, 0.29) is 24.0 Å². The Kier molecular flexibility index (Phi) is 6.91. The summed E-state index contributed by atoms with van der Waals surface area (Å²) in [5.41, 5.74) is 2.52. The molecule has 3 aromatic rings. The average Bonchev–Trinajstić information content (AvgIpc) is 3.20. The van der Waals surface area contributed by atoms with Gasteiger partial charge in [-0.15, -0.1) is 35.3 Å². The van der Waals surface area contributed by atoms with Crippen molar-refractivity contribution in [2.45, 2.75) is 13.0 Å². The van der Waals surface area contributed by atoms with Crippen molar-refractivity contribution in [2.75, 3.05) is 13.6 Å². The molecule has 2 heterocycles. The standard InChI is InChI=1S/C17H20N4S.HI/c1-18-17(21-12-14-5-4-10-22-14)19-9-8-13-11-20-16-7-3-2-6-15(13)16;/h2-7,10-11,20H,8-9,12H2,1H3,(H2,18,19,21);1H. The number of H-pyrrole nitrogens is 1. The van der Waals surface area contributed by atoms with E-state index in [2.05, 4.69) is 68.6 Å². The third kappa shape index (κ3) is 4.71. The van der Waals surface area contributed by atoms with Gasteiger partial charge in [-0.05, 0) is 29.5 Å². The Morgan fingerprint density at radius 3 is 2.83 bits per heavy atom. The molecule has 1 aromatic carbocycles. The van der Waals surface area contributed by atoms with Crippen LogP contribution in [0.2, 0.25) is 0 Å². The van der Waals surface area contributed by atoms with Gasteiger partial charge in [0.15, 0.2) is 5.96 Å². The van der Waals surface area contributed by atoms with Crippen molar-refractivity contribution in [3.05, 3.63) is 58.4 Å². The van der Waals surface area contributed by atoms with E-state index in [0.29, 0.717) is 0 Å². The van der Waals surface area contributed by atoms with E-state index in [9.17, 15) is 0 Å². The van der Waals surface area contributed by atoms with Crippen molar-refractivity contribution < 1.29 is 0 Å². The van der Waals surface area contributed by atoms with Crippen LogP contribution in [0.5, 0.6) is 0 Å². The lowest BCUT2D eigenvalue weighted by Gasteiger charge is -2.10. The number of thiophene rings is 1. The highest BCUT2D eigenvalue weighted by Gasteiger charge is 2.03. The molecule has 0 saturated heterocycles. The molecule has 0 amide bonds. The topological polar surface area (TPSA) is 52.2 Å². The first-order chi connectivity index (χ1) is 10.9. The first kappa shape index (κ1) is 17.8. The average molecular weight is 440 g/mol. The number of aromatic amines is 1. The quantitative estimate of drug-likeness (QED) is 0.322. The lowest BCUT2D eigenvalue weighted by molar-refractivity contribution is 0.801. The minimum atomic E-state index is 0. The number of para-hydroxylation sites is 1. The molecule has 0 radical (unpaired) electrons. The summed E-state index contributed by atoms with van der Waals surface area (Å²) in [6.45, 7) is 1.66. The Balaban J connectivity index is 0.00000192. The highest BCUT2D eigenvalue weighted by Crippen LogP contribution is 2.17. The number of halogens is 1. The molecule has 0 saturated carbocycles. The third-order valence-corrected chi connectivity index (χ3v) is 4.47. The zero-order chi connectivity index (χ0) is 15.2. The van der Waals surface area contributed by atoms with Crippen LogP contribution in [0.1, 0.15) is 10.4 Å². The summed E-state index contributed by atoms with van der Waals surface area (Å²) in [5.74, 6) is 0.841. The van der Waals surface area contributed by atoms with Crippen LogP contribution in [0.3, 0.4) is 0 Å². The zero-order valence-electron chi connectivity index (χ0n) is 13.0. The van der Waals surface area contributed by atoms with Crippen LogP contribution in [0, 0.1) is 0 Å². The number of rotatable bonds is 5. The van der Waals surface area contributed by atoms with E-state index < -0.39 is 0 Å². The summed E-state index contributed by atoms with van der Waals surface area (Å²) in [6, 6.07) is 12.6. The second-order valence-corrected chi connectivity index (χ2v) is 6.07. The second-order valence-electron chi connectivity index (χ2n) is 5.04. The largest absolute Gasteiger partial charge is 0.361 e. The van der Waals surface area contributed by atoms with Gasteiger partial charge >= 0.3 is 0 Å². The lowest BCUT2D eigenvalue weighted by atomic mass is 10.1. The molecule has 0 bridgehead atoms. The van der Waals surface area contributed by atoms with Crippen molar-refractivity contribution in [1.82, 2.24) is 15.6 Å². The predicted molar refractivity (Wildman–Crippen MR) is 110 cm³/mol. The van der Waals surface area contributed by atoms with Crippen molar-refractivity contribution in [3.63, 3.8) is 0 Å². The number of nitrogens with one attached hydrogen (secondary N) is 3. The van der Waals surface area contributed by atoms with E-state index in [1.807, 2.05) is 0 Å². The minimum Gasteiger partial charge on any atom is -0.361 e. The number of nitrogens with zero attached hydrogens (tertiary/aromatic N) is 1. The van der Waals surface area contributed by atoms with Crippen LogP contribution in [0.4, 0.5) is 0 Å². The van der Waals surface area contributed by atoms with Crippen LogP contribution >= 0.6 is 35.3 Å². The van der Waals surface area contributed by atoms with Gasteiger partial charge < -0.3 is 15.6 Å².